The van der Waals surface area contributed by atoms with Crippen LogP contribution in [0.2, 0.25) is 0 Å². The summed E-state index contributed by atoms with van der Waals surface area (Å²) in [6, 6.07) is -0.940. The minimum Gasteiger partial charge on any atom is -0.394 e. The fourth-order valence-corrected chi connectivity index (χ4v) is 7.32. The predicted octanol–water partition coefficient (Wildman–Crippen LogP) is 5.10. The second kappa shape index (κ2) is 35.0. The number of ether oxygens (including phenoxy) is 4. The van der Waals surface area contributed by atoms with Crippen molar-refractivity contribution >= 4 is 5.91 Å². The van der Waals surface area contributed by atoms with Crippen LogP contribution in [-0.2, 0) is 23.7 Å². The van der Waals surface area contributed by atoms with E-state index in [1.807, 2.05) is 6.08 Å². The molecule has 0 saturated carbocycles. The molecule has 14 heteroatoms. The Morgan fingerprint density at radius 2 is 1.13 bits per heavy atom. The second-order valence-corrected chi connectivity index (χ2v) is 16.5. The lowest BCUT2D eigenvalue weighted by atomic mass is 9.97. The van der Waals surface area contributed by atoms with E-state index in [9.17, 15) is 45.6 Å². The van der Waals surface area contributed by atoms with E-state index >= 15 is 0 Å². The van der Waals surface area contributed by atoms with Crippen molar-refractivity contribution in [3.8, 4) is 0 Å². The highest BCUT2D eigenvalue weighted by Crippen LogP contribution is 2.30. The Hall–Kier alpha value is -2.31. The highest BCUT2D eigenvalue weighted by Gasteiger charge is 2.50. The van der Waals surface area contributed by atoms with Crippen LogP contribution in [0.4, 0.5) is 0 Å². The summed E-state index contributed by atoms with van der Waals surface area (Å²) >= 11 is 0. The molecule has 2 saturated heterocycles. The van der Waals surface area contributed by atoms with E-state index in [2.05, 4.69) is 67.8 Å². The Kier molecular flexibility index (Phi) is 31.5. The summed E-state index contributed by atoms with van der Waals surface area (Å²) in [6.07, 6.45) is 24.1. The Balaban J connectivity index is 1.91. The molecule has 2 aliphatic rings. The fraction of sp³-hybridized carbons (Fsp3) is 0.771. The molecule has 0 aromatic carbocycles. The first-order valence-corrected chi connectivity index (χ1v) is 23.5. The number of aliphatic hydroxyl groups excluding tert-OH is 8. The highest BCUT2D eigenvalue weighted by molar-refractivity contribution is 5.76. The first-order valence-electron chi connectivity index (χ1n) is 23.5. The lowest BCUT2D eigenvalue weighted by Crippen LogP contribution is -2.65. The zero-order valence-electron chi connectivity index (χ0n) is 37.6. The Morgan fingerprint density at radius 1 is 0.597 bits per heavy atom. The molecule has 14 nitrogen and oxygen atoms in total. The van der Waals surface area contributed by atoms with Crippen molar-refractivity contribution in [3.05, 3.63) is 60.8 Å². The quantitative estimate of drug-likeness (QED) is 0.0304. The maximum Gasteiger partial charge on any atom is 0.220 e. The van der Waals surface area contributed by atoms with Gasteiger partial charge in [0, 0.05) is 6.42 Å². The van der Waals surface area contributed by atoms with Crippen LogP contribution in [0.5, 0.6) is 0 Å². The van der Waals surface area contributed by atoms with Crippen molar-refractivity contribution in [2.24, 2.45) is 0 Å². The number of hydrogen-bond donors (Lipinski definition) is 9. The average molecular weight is 882 g/mol. The fourth-order valence-electron chi connectivity index (χ4n) is 7.32. The molecule has 0 aliphatic carbocycles. The minimum absolute atomic E-state index is 0.251. The largest absolute Gasteiger partial charge is 0.394 e. The third-order valence-corrected chi connectivity index (χ3v) is 11.2. The zero-order valence-corrected chi connectivity index (χ0v) is 37.6. The second-order valence-electron chi connectivity index (χ2n) is 16.5. The number of carbonyl (C=O) groups excluding carboxylic acids is 1. The van der Waals surface area contributed by atoms with Gasteiger partial charge in [-0.15, -0.1) is 0 Å². The van der Waals surface area contributed by atoms with Crippen molar-refractivity contribution < 1.29 is 64.6 Å². The molecule has 2 rings (SSSR count). The Morgan fingerprint density at radius 3 is 1.77 bits per heavy atom. The van der Waals surface area contributed by atoms with Crippen LogP contribution in [0.15, 0.2) is 60.8 Å². The minimum atomic E-state index is -1.79. The number of nitrogens with one attached hydrogen (secondary N) is 1. The molecule has 1 amide bonds. The molecule has 62 heavy (non-hydrogen) atoms. The van der Waals surface area contributed by atoms with Gasteiger partial charge in [-0.1, -0.05) is 132 Å². The van der Waals surface area contributed by atoms with E-state index in [4.69, 9.17) is 18.9 Å². The van der Waals surface area contributed by atoms with Crippen molar-refractivity contribution in [1.82, 2.24) is 5.32 Å². The monoisotopic (exact) mass is 882 g/mol. The molecule has 2 aliphatic heterocycles. The van der Waals surface area contributed by atoms with E-state index in [-0.39, 0.29) is 18.9 Å². The van der Waals surface area contributed by atoms with E-state index in [1.165, 1.54) is 44.9 Å². The van der Waals surface area contributed by atoms with Gasteiger partial charge in [0.15, 0.2) is 12.6 Å². The number of hydrogen-bond acceptors (Lipinski definition) is 13. The normalized spacial score (nSPS) is 28.3. The number of aliphatic hydroxyl groups is 8. The van der Waals surface area contributed by atoms with Gasteiger partial charge in [-0.3, -0.25) is 4.79 Å². The molecule has 0 radical (unpaired) electrons. The van der Waals surface area contributed by atoms with Crippen LogP contribution in [0.1, 0.15) is 142 Å². The molecule has 0 bridgehead atoms. The lowest BCUT2D eigenvalue weighted by molar-refractivity contribution is -0.359. The van der Waals surface area contributed by atoms with Gasteiger partial charge in [0.25, 0.3) is 0 Å². The molecule has 0 aromatic rings. The summed E-state index contributed by atoms with van der Waals surface area (Å²) in [4.78, 5) is 13.1. The standard InChI is InChI=1S/C48H83NO13/c1-3-5-7-9-11-13-15-17-18-20-22-24-26-28-30-32-40(53)49-36(37(52)31-29-27-25-23-21-19-16-14-12-10-8-6-4-2)35-59-47-45(58)43(56)46(39(34-51)61-47)62-48-44(57)42(55)41(54)38(33-50)60-48/h5,7,11,13,17-18,21,23,29,31,36-39,41-48,50-52,54-58H,3-4,6,8-10,12,14-16,19-20,22,24-28,30,32-35H2,1-2H3,(H,49,53)/b7-5-,13-11-,18-17-,23-21+,31-29+. The first-order chi connectivity index (χ1) is 30.1. The first kappa shape index (κ1) is 55.8. The average Bonchev–Trinajstić information content (AvgIpc) is 3.27. The molecule has 2 fully saturated rings. The van der Waals surface area contributed by atoms with Gasteiger partial charge in [-0.05, 0) is 64.2 Å². The van der Waals surface area contributed by atoms with Gasteiger partial charge in [0.2, 0.25) is 5.91 Å². The lowest BCUT2D eigenvalue weighted by Gasteiger charge is -2.46. The Bertz CT molecular complexity index is 1270. The summed E-state index contributed by atoms with van der Waals surface area (Å²) in [5, 5.41) is 86.5. The maximum atomic E-state index is 13.1. The van der Waals surface area contributed by atoms with E-state index in [0.717, 1.165) is 64.2 Å². The van der Waals surface area contributed by atoms with Crippen LogP contribution in [-0.4, -0.2) is 140 Å². The van der Waals surface area contributed by atoms with Crippen molar-refractivity contribution in [2.75, 3.05) is 19.8 Å². The number of unbranched alkanes of at least 4 members (excludes halogenated alkanes) is 13. The zero-order chi connectivity index (χ0) is 45.4. The molecule has 0 spiro atoms. The third-order valence-electron chi connectivity index (χ3n) is 11.2. The summed E-state index contributed by atoms with van der Waals surface area (Å²) < 4.78 is 22.6. The Labute approximate surface area is 371 Å². The van der Waals surface area contributed by atoms with Gasteiger partial charge in [0.1, 0.15) is 48.8 Å². The van der Waals surface area contributed by atoms with E-state index in [0.29, 0.717) is 12.8 Å². The SMILES string of the molecule is CC/C=C\C/C=C\C/C=C\CCCCCCCC(=O)NC(COC1OC(CO)C(OC2OC(CO)C(O)C(O)C2O)C(O)C1O)C(O)/C=C/CC/C=C/CCCCCCCCC. The molecule has 12 unspecified atom stereocenters. The molecule has 12 atom stereocenters. The smallest absolute Gasteiger partial charge is 0.220 e. The number of rotatable bonds is 34. The molecular weight excluding hydrogens is 799 g/mol. The molecule has 2 heterocycles. The van der Waals surface area contributed by atoms with Gasteiger partial charge >= 0.3 is 0 Å². The summed E-state index contributed by atoms with van der Waals surface area (Å²) in [5.74, 6) is -0.271. The van der Waals surface area contributed by atoms with Crippen LogP contribution < -0.4 is 5.32 Å². The van der Waals surface area contributed by atoms with Gasteiger partial charge in [-0.25, -0.2) is 0 Å². The van der Waals surface area contributed by atoms with Crippen LogP contribution in [0, 0.1) is 0 Å². The van der Waals surface area contributed by atoms with Gasteiger partial charge in [-0.2, -0.15) is 0 Å². The van der Waals surface area contributed by atoms with Crippen LogP contribution in [0.25, 0.3) is 0 Å². The van der Waals surface area contributed by atoms with E-state index < -0.39 is 86.8 Å². The van der Waals surface area contributed by atoms with Crippen LogP contribution >= 0.6 is 0 Å². The third kappa shape index (κ3) is 22.5. The highest BCUT2D eigenvalue weighted by atomic mass is 16.7. The summed E-state index contributed by atoms with van der Waals surface area (Å²) in [5.41, 5.74) is 0. The van der Waals surface area contributed by atoms with E-state index in [1.54, 1.807) is 6.08 Å². The van der Waals surface area contributed by atoms with Crippen molar-refractivity contribution in [3.63, 3.8) is 0 Å². The topological polar surface area (TPSA) is 228 Å². The predicted molar refractivity (Wildman–Crippen MR) is 240 cm³/mol. The molecule has 358 valence electrons. The maximum absolute atomic E-state index is 13.1. The summed E-state index contributed by atoms with van der Waals surface area (Å²) in [6.45, 7) is 2.60. The van der Waals surface area contributed by atoms with Gasteiger partial charge in [0.05, 0.1) is 32.0 Å². The molecule has 9 N–H and O–H groups in total. The summed E-state index contributed by atoms with van der Waals surface area (Å²) in [7, 11) is 0. The van der Waals surface area contributed by atoms with Crippen molar-refractivity contribution in [2.45, 2.75) is 216 Å². The van der Waals surface area contributed by atoms with Gasteiger partial charge < -0.3 is 65.1 Å². The number of amides is 1. The number of allylic oxidation sites excluding steroid dienone is 9. The number of carbonyl (C=O) groups is 1. The van der Waals surface area contributed by atoms with Crippen LogP contribution in [0.3, 0.4) is 0 Å². The molecule has 0 aromatic heterocycles. The van der Waals surface area contributed by atoms with Crippen molar-refractivity contribution in [1.29, 1.82) is 0 Å². The molecular formula is C48H83NO13.